The van der Waals surface area contributed by atoms with E-state index in [2.05, 4.69) is 9.97 Å². The summed E-state index contributed by atoms with van der Waals surface area (Å²) in [4.78, 5) is 32.3. The normalized spacial score (nSPS) is 11.1. The second-order valence-corrected chi connectivity index (χ2v) is 6.33. The molecule has 2 aromatic carbocycles. The van der Waals surface area contributed by atoms with E-state index in [0.717, 1.165) is 11.8 Å². The fourth-order valence-corrected chi connectivity index (χ4v) is 3.07. The van der Waals surface area contributed by atoms with Crippen molar-refractivity contribution in [3.63, 3.8) is 0 Å². The van der Waals surface area contributed by atoms with Crippen LogP contribution in [-0.4, -0.2) is 26.6 Å². The molecule has 0 spiro atoms. The summed E-state index contributed by atoms with van der Waals surface area (Å²) in [5.41, 5.74) is 0.874. The summed E-state index contributed by atoms with van der Waals surface area (Å²) in [6, 6.07) is 17.2. The molecule has 4 aromatic rings. The minimum absolute atomic E-state index is 0.160. The van der Waals surface area contributed by atoms with Gasteiger partial charge in [-0.05, 0) is 36.4 Å². The molecular weight excluding hydrogens is 384 g/mol. The Balaban J connectivity index is 1.91. The summed E-state index contributed by atoms with van der Waals surface area (Å²) in [5, 5.41) is 11.4. The maximum Gasteiger partial charge on any atom is 0.287 e. The van der Waals surface area contributed by atoms with E-state index in [4.69, 9.17) is 4.74 Å². The second kappa shape index (κ2) is 7.96. The van der Waals surface area contributed by atoms with Gasteiger partial charge in [0.05, 0.1) is 22.9 Å². The average Bonchev–Trinajstić information content (AvgIpc) is 2.78. The lowest BCUT2D eigenvalue weighted by molar-refractivity contribution is -0.385. The highest BCUT2D eigenvalue weighted by atomic mass is 16.6. The second-order valence-electron chi connectivity index (χ2n) is 6.33. The SMILES string of the molecule is COc1ccccc1/C=C/c1nc2ccccc2c(=O)n1-c1ccc([N+](=O)[O-])cn1. The van der Waals surface area contributed by atoms with E-state index < -0.39 is 4.92 Å². The minimum atomic E-state index is -0.541. The van der Waals surface area contributed by atoms with Crippen LogP contribution < -0.4 is 10.3 Å². The van der Waals surface area contributed by atoms with Crippen LogP contribution in [0.4, 0.5) is 5.69 Å². The van der Waals surface area contributed by atoms with Gasteiger partial charge < -0.3 is 4.74 Å². The predicted molar refractivity (Wildman–Crippen MR) is 114 cm³/mol. The van der Waals surface area contributed by atoms with Crippen LogP contribution in [0.5, 0.6) is 5.75 Å². The molecule has 2 heterocycles. The smallest absolute Gasteiger partial charge is 0.287 e. The van der Waals surface area contributed by atoms with Crippen LogP contribution in [0.1, 0.15) is 11.4 Å². The molecule has 0 N–H and O–H groups in total. The third kappa shape index (κ3) is 3.53. The van der Waals surface area contributed by atoms with Crippen molar-refractivity contribution >= 4 is 28.7 Å². The van der Waals surface area contributed by atoms with Gasteiger partial charge in [0.25, 0.3) is 11.2 Å². The average molecular weight is 400 g/mol. The molecular formula is C22H16N4O4. The molecule has 0 aliphatic rings. The van der Waals surface area contributed by atoms with Gasteiger partial charge in [-0.1, -0.05) is 30.3 Å². The maximum atomic E-state index is 13.2. The van der Waals surface area contributed by atoms with Crippen molar-refractivity contribution in [3.05, 3.63) is 98.7 Å². The van der Waals surface area contributed by atoms with E-state index in [1.54, 1.807) is 43.5 Å². The molecule has 0 unspecified atom stereocenters. The number of para-hydroxylation sites is 2. The van der Waals surface area contributed by atoms with Crippen LogP contribution in [0.25, 0.3) is 28.9 Å². The number of rotatable bonds is 5. The molecule has 0 atom stereocenters. The molecule has 8 heteroatoms. The van der Waals surface area contributed by atoms with Crippen LogP contribution in [-0.2, 0) is 0 Å². The first-order valence-electron chi connectivity index (χ1n) is 9.02. The van der Waals surface area contributed by atoms with E-state index in [-0.39, 0.29) is 17.1 Å². The van der Waals surface area contributed by atoms with Crippen LogP contribution in [0.3, 0.4) is 0 Å². The van der Waals surface area contributed by atoms with Crippen LogP contribution in [0.15, 0.2) is 71.7 Å². The molecule has 0 fully saturated rings. The summed E-state index contributed by atoms with van der Waals surface area (Å²) >= 11 is 0. The molecule has 2 aromatic heterocycles. The Labute approximate surface area is 170 Å². The van der Waals surface area contributed by atoms with Gasteiger partial charge >= 0.3 is 0 Å². The third-order valence-electron chi connectivity index (χ3n) is 4.52. The standard InChI is InChI=1S/C22H16N4O4/c1-30-19-9-5-2-6-15(19)10-12-21-24-18-8-4-3-7-17(18)22(27)25(21)20-13-11-16(14-23-20)26(28)29/h2-14H,1H3/b12-10+. The Hall–Kier alpha value is -4.33. The van der Waals surface area contributed by atoms with E-state index >= 15 is 0 Å². The molecule has 30 heavy (non-hydrogen) atoms. The van der Waals surface area contributed by atoms with Crippen LogP contribution in [0.2, 0.25) is 0 Å². The quantitative estimate of drug-likeness (QED) is 0.372. The first kappa shape index (κ1) is 19.0. The van der Waals surface area contributed by atoms with Crippen LogP contribution in [0, 0.1) is 10.1 Å². The molecule has 0 saturated heterocycles. The van der Waals surface area contributed by atoms with Crippen molar-refractivity contribution in [1.29, 1.82) is 0 Å². The van der Waals surface area contributed by atoms with Gasteiger partial charge in [-0.15, -0.1) is 0 Å². The molecule has 0 bridgehead atoms. The molecule has 0 aliphatic heterocycles. The number of pyridine rings is 1. The monoisotopic (exact) mass is 400 g/mol. The van der Waals surface area contributed by atoms with Crippen molar-refractivity contribution in [1.82, 2.24) is 14.5 Å². The third-order valence-corrected chi connectivity index (χ3v) is 4.52. The van der Waals surface area contributed by atoms with Gasteiger partial charge in [-0.3, -0.25) is 14.9 Å². The Kier molecular flexibility index (Phi) is 5.04. The summed E-state index contributed by atoms with van der Waals surface area (Å²) in [6.07, 6.45) is 4.59. The number of ether oxygens (including phenoxy) is 1. The highest BCUT2D eigenvalue weighted by molar-refractivity contribution is 5.80. The zero-order chi connectivity index (χ0) is 21.1. The molecule has 8 nitrogen and oxygen atoms in total. The molecule has 148 valence electrons. The van der Waals surface area contributed by atoms with E-state index in [1.165, 1.54) is 16.7 Å². The van der Waals surface area contributed by atoms with Gasteiger partial charge in [0, 0.05) is 11.6 Å². The van der Waals surface area contributed by atoms with E-state index in [0.29, 0.717) is 22.5 Å². The van der Waals surface area contributed by atoms with Crippen LogP contribution >= 0.6 is 0 Å². The fourth-order valence-electron chi connectivity index (χ4n) is 3.07. The summed E-state index contributed by atoms with van der Waals surface area (Å²) in [5.74, 6) is 1.26. The van der Waals surface area contributed by atoms with Crippen molar-refractivity contribution in [2.45, 2.75) is 0 Å². The molecule has 0 radical (unpaired) electrons. The number of methoxy groups -OCH3 is 1. The summed E-state index contributed by atoms with van der Waals surface area (Å²) in [7, 11) is 1.58. The van der Waals surface area contributed by atoms with E-state index in [9.17, 15) is 14.9 Å². The Bertz CT molecular complexity index is 1330. The number of nitrogens with zero attached hydrogens (tertiary/aromatic N) is 4. The fraction of sp³-hybridized carbons (Fsp3) is 0.0455. The number of fused-ring (bicyclic) bond motifs is 1. The molecule has 0 saturated carbocycles. The van der Waals surface area contributed by atoms with Crippen molar-refractivity contribution < 1.29 is 9.66 Å². The number of aromatic nitrogens is 3. The topological polar surface area (TPSA) is 100 Å². The zero-order valence-electron chi connectivity index (χ0n) is 15.9. The van der Waals surface area contributed by atoms with Gasteiger partial charge in [0.2, 0.25) is 0 Å². The number of hydrogen-bond acceptors (Lipinski definition) is 6. The van der Waals surface area contributed by atoms with Gasteiger partial charge in [0.15, 0.2) is 0 Å². The first-order valence-corrected chi connectivity index (χ1v) is 9.02. The Morgan fingerprint density at radius 2 is 1.80 bits per heavy atom. The highest BCUT2D eigenvalue weighted by Crippen LogP contribution is 2.21. The summed E-state index contributed by atoms with van der Waals surface area (Å²) < 4.78 is 6.69. The van der Waals surface area contributed by atoms with Crippen molar-refractivity contribution in [3.8, 4) is 11.6 Å². The molecule has 0 amide bonds. The van der Waals surface area contributed by atoms with Crippen molar-refractivity contribution in [2.24, 2.45) is 0 Å². The number of nitro groups is 1. The van der Waals surface area contributed by atoms with Gasteiger partial charge in [-0.25, -0.2) is 14.5 Å². The predicted octanol–water partition coefficient (Wildman–Crippen LogP) is 3.87. The lowest BCUT2D eigenvalue weighted by atomic mass is 10.2. The Morgan fingerprint density at radius 3 is 2.53 bits per heavy atom. The minimum Gasteiger partial charge on any atom is -0.496 e. The van der Waals surface area contributed by atoms with Crippen molar-refractivity contribution in [2.75, 3.05) is 7.11 Å². The maximum absolute atomic E-state index is 13.2. The highest BCUT2D eigenvalue weighted by Gasteiger charge is 2.14. The molecule has 0 aliphatic carbocycles. The number of benzene rings is 2. The Morgan fingerprint density at radius 1 is 1.03 bits per heavy atom. The lowest BCUT2D eigenvalue weighted by Gasteiger charge is -2.10. The zero-order valence-corrected chi connectivity index (χ0v) is 15.9. The number of hydrogen-bond donors (Lipinski definition) is 0. The largest absolute Gasteiger partial charge is 0.496 e. The molecule has 4 rings (SSSR count). The first-order chi connectivity index (χ1) is 14.6. The summed E-state index contributed by atoms with van der Waals surface area (Å²) in [6.45, 7) is 0. The van der Waals surface area contributed by atoms with Gasteiger partial charge in [-0.2, -0.15) is 0 Å². The lowest BCUT2D eigenvalue weighted by Crippen LogP contribution is -2.23. The van der Waals surface area contributed by atoms with Gasteiger partial charge in [0.1, 0.15) is 23.6 Å². The van der Waals surface area contributed by atoms with E-state index in [1.807, 2.05) is 24.3 Å².